The first-order chi connectivity index (χ1) is 14.8. The lowest BCUT2D eigenvalue weighted by Gasteiger charge is -2.46. The maximum absolute atomic E-state index is 5.74. The zero-order valence-corrected chi connectivity index (χ0v) is 18.0. The molecule has 2 unspecified atom stereocenters. The van der Waals surface area contributed by atoms with Gasteiger partial charge in [0, 0.05) is 56.4 Å². The molecule has 0 aromatic carbocycles. The summed E-state index contributed by atoms with van der Waals surface area (Å²) in [5.74, 6) is 1.56. The fourth-order valence-electron chi connectivity index (χ4n) is 5.72. The summed E-state index contributed by atoms with van der Waals surface area (Å²) >= 11 is 0. The fourth-order valence-corrected chi connectivity index (χ4v) is 5.72. The van der Waals surface area contributed by atoms with E-state index in [9.17, 15) is 0 Å². The van der Waals surface area contributed by atoms with Gasteiger partial charge in [0.15, 0.2) is 0 Å². The van der Waals surface area contributed by atoms with Gasteiger partial charge in [-0.3, -0.25) is 9.97 Å². The van der Waals surface area contributed by atoms with E-state index < -0.39 is 0 Å². The minimum Gasteiger partial charge on any atom is -0.380 e. The van der Waals surface area contributed by atoms with Gasteiger partial charge < -0.3 is 14.5 Å². The van der Waals surface area contributed by atoms with Crippen LogP contribution < -0.4 is 0 Å². The van der Waals surface area contributed by atoms with E-state index >= 15 is 0 Å². The van der Waals surface area contributed by atoms with Crippen molar-refractivity contribution in [3.63, 3.8) is 0 Å². The van der Waals surface area contributed by atoms with E-state index in [0.29, 0.717) is 5.41 Å². The maximum Gasteiger partial charge on any atom is 0.0569 e. The standard InChI is InChI=1S/C25H34N4O/c1-7-26-8-2-21(1)13-23-5-11-28(15-23)17-25(19-30-20-25)18-29-12-6-24(16-29)14-22-3-9-27-10-4-22/h1-4,7-10,23-24H,5-6,11-20H2. The van der Waals surface area contributed by atoms with Crippen LogP contribution in [-0.2, 0) is 17.6 Å². The van der Waals surface area contributed by atoms with Crippen molar-refractivity contribution in [2.45, 2.75) is 25.7 Å². The number of likely N-dealkylation sites (tertiary alicyclic amines) is 2. The van der Waals surface area contributed by atoms with Crippen molar-refractivity contribution >= 4 is 0 Å². The number of hydrogen-bond donors (Lipinski definition) is 0. The topological polar surface area (TPSA) is 41.5 Å². The summed E-state index contributed by atoms with van der Waals surface area (Å²) < 4.78 is 5.74. The Labute approximate surface area is 180 Å². The summed E-state index contributed by atoms with van der Waals surface area (Å²) in [6, 6.07) is 8.67. The fraction of sp³-hybridized carbons (Fsp3) is 0.600. The quantitative estimate of drug-likeness (QED) is 0.674. The Morgan fingerprint density at radius 2 is 1.23 bits per heavy atom. The summed E-state index contributed by atoms with van der Waals surface area (Å²) in [4.78, 5) is 13.7. The van der Waals surface area contributed by atoms with Gasteiger partial charge in [0.05, 0.1) is 13.2 Å². The average molecular weight is 407 g/mol. The van der Waals surface area contributed by atoms with Gasteiger partial charge in [-0.2, -0.15) is 0 Å². The molecule has 0 saturated carbocycles. The Morgan fingerprint density at radius 3 is 1.63 bits per heavy atom. The van der Waals surface area contributed by atoms with Crippen LogP contribution in [0.25, 0.3) is 0 Å². The number of ether oxygens (including phenoxy) is 1. The summed E-state index contributed by atoms with van der Waals surface area (Å²) in [6.45, 7) is 9.21. The molecule has 5 heteroatoms. The molecule has 0 spiro atoms. The molecule has 5 nitrogen and oxygen atoms in total. The molecule has 3 aliphatic rings. The van der Waals surface area contributed by atoms with Gasteiger partial charge in [-0.25, -0.2) is 0 Å². The number of nitrogens with zero attached hydrogens (tertiary/aromatic N) is 4. The molecule has 0 N–H and O–H groups in total. The van der Waals surface area contributed by atoms with Gasteiger partial charge in [0.2, 0.25) is 0 Å². The van der Waals surface area contributed by atoms with Gasteiger partial charge in [-0.1, -0.05) is 0 Å². The molecule has 3 aliphatic heterocycles. The predicted molar refractivity (Wildman–Crippen MR) is 118 cm³/mol. The van der Waals surface area contributed by atoms with Crippen LogP contribution in [0.5, 0.6) is 0 Å². The molecule has 2 aromatic rings. The second kappa shape index (κ2) is 9.13. The van der Waals surface area contributed by atoms with Crippen LogP contribution in [0.1, 0.15) is 24.0 Å². The van der Waals surface area contributed by atoms with Crippen molar-refractivity contribution in [3.8, 4) is 0 Å². The molecule has 5 rings (SSSR count). The smallest absolute Gasteiger partial charge is 0.0569 e. The largest absolute Gasteiger partial charge is 0.380 e. The van der Waals surface area contributed by atoms with Gasteiger partial charge in [-0.05, 0) is 86.0 Å². The molecule has 3 fully saturated rings. The van der Waals surface area contributed by atoms with E-state index in [1.165, 1.54) is 76.1 Å². The molecule has 2 atom stereocenters. The molecule has 160 valence electrons. The zero-order chi connectivity index (χ0) is 20.2. The molecule has 0 amide bonds. The van der Waals surface area contributed by atoms with Crippen molar-refractivity contribution in [2.24, 2.45) is 17.3 Å². The highest BCUT2D eigenvalue weighted by atomic mass is 16.5. The maximum atomic E-state index is 5.74. The highest BCUT2D eigenvalue weighted by Gasteiger charge is 2.43. The van der Waals surface area contributed by atoms with Gasteiger partial charge in [0.25, 0.3) is 0 Å². The monoisotopic (exact) mass is 406 g/mol. The molecule has 0 aliphatic carbocycles. The lowest BCUT2D eigenvalue weighted by molar-refractivity contribution is -0.135. The van der Waals surface area contributed by atoms with Crippen LogP contribution in [0.3, 0.4) is 0 Å². The molecule has 3 saturated heterocycles. The average Bonchev–Trinajstić information content (AvgIpc) is 3.37. The molecule has 0 radical (unpaired) electrons. The zero-order valence-electron chi connectivity index (χ0n) is 18.0. The highest BCUT2D eigenvalue weighted by Crippen LogP contribution is 2.34. The molecule has 0 bridgehead atoms. The lowest BCUT2D eigenvalue weighted by atomic mass is 9.84. The Morgan fingerprint density at radius 1 is 0.767 bits per heavy atom. The van der Waals surface area contributed by atoms with E-state index in [4.69, 9.17) is 4.74 Å². The Bertz CT molecular complexity index is 732. The van der Waals surface area contributed by atoms with Crippen molar-refractivity contribution in [2.75, 3.05) is 52.5 Å². The van der Waals surface area contributed by atoms with Crippen molar-refractivity contribution in [3.05, 3.63) is 60.2 Å². The van der Waals surface area contributed by atoms with E-state index in [2.05, 4.69) is 44.0 Å². The third kappa shape index (κ3) is 4.90. The molecule has 2 aromatic heterocycles. The summed E-state index contributed by atoms with van der Waals surface area (Å²) in [6.07, 6.45) is 12.7. The predicted octanol–water partition coefficient (Wildman–Crippen LogP) is 2.92. The Hall–Kier alpha value is -1.82. The molecule has 5 heterocycles. The van der Waals surface area contributed by atoms with Crippen LogP contribution in [-0.4, -0.2) is 72.3 Å². The molecular formula is C25H34N4O. The van der Waals surface area contributed by atoms with Crippen LogP contribution in [0.2, 0.25) is 0 Å². The first-order valence-corrected chi connectivity index (χ1v) is 11.6. The third-order valence-electron chi connectivity index (χ3n) is 7.22. The van der Waals surface area contributed by atoms with Gasteiger partial charge >= 0.3 is 0 Å². The van der Waals surface area contributed by atoms with Gasteiger partial charge in [-0.15, -0.1) is 0 Å². The van der Waals surface area contributed by atoms with Crippen LogP contribution in [0.4, 0.5) is 0 Å². The van der Waals surface area contributed by atoms with Crippen LogP contribution >= 0.6 is 0 Å². The first-order valence-electron chi connectivity index (χ1n) is 11.6. The molecule has 30 heavy (non-hydrogen) atoms. The molecular weight excluding hydrogens is 372 g/mol. The second-order valence-corrected chi connectivity index (χ2v) is 9.89. The number of aromatic nitrogens is 2. The van der Waals surface area contributed by atoms with Crippen LogP contribution in [0, 0.1) is 17.3 Å². The van der Waals surface area contributed by atoms with E-state index in [1.807, 2.05) is 24.8 Å². The van der Waals surface area contributed by atoms with Crippen molar-refractivity contribution in [1.29, 1.82) is 0 Å². The SMILES string of the molecule is c1cc(CC2CCN(CC3(CN4CCC(Cc5ccncc5)C4)COC3)C2)ccn1. The van der Waals surface area contributed by atoms with E-state index in [-0.39, 0.29) is 0 Å². The minimum absolute atomic E-state index is 0.344. The number of hydrogen-bond acceptors (Lipinski definition) is 5. The minimum atomic E-state index is 0.344. The Balaban J connectivity index is 1.10. The number of rotatable bonds is 8. The van der Waals surface area contributed by atoms with Crippen molar-refractivity contribution < 1.29 is 4.74 Å². The lowest BCUT2D eigenvalue weighted by Crippen LogP contribution is -2.56. The third-order valence-corrected chi connectivity index (χ3v) is 7.22. The highest BCUT2D eigenvalue weighted by molar-refractivity contribution is 5.12. The first kappa shape index (κ1) is 20.1. The summed E-state index contributed by atoms with van der Waals surface area (Å²) in [5, 5.41) is 0. The van der Waals surface area contributed by atoms with Crippen LogP contribution in [0.15, 0.2) is 49.1 Å². The number of pyridine rings is 2. The second-order valence-electron chi connectivity index (χ2n) is 9.89. The van der Waals surface area contributed by atoms with Crippen molar-refractivity contribution in [1.82, 2.24) is 19.8 Å². The summed E-state index contributed by atoms with van der Waals surface area (Å²) in [5.41, 5.74) is 3.20. The van der Waals surface area contributed by atoms with E-state index in [0.717, 1.165) is 25.0 Å². The van der Waals surface area contributed by atoms with Gasteiger partial charge in [0.1, 0.15) is 0 Å². The Kier molecular flexibility index (Phi) is 6.12. The van der Waals surface area contributed by atoms with E-state index in [1.54, 1.807) is 0 Å². The summed E-state index contributed by atoms with van der Waals surface area (Å²) in [7, 11) is 0. The normalized spacial score (nSPS) is 26.7.